The summed E-state index contributed by atoms with van der Waals surface area (Å²) in [6.45, 7) is 22.1. The van der Waals surface area contributed by atoms with Crippen LogP contribution in [0.25, 0.3) is 0 Å². The maximum atomic E-state index is 13.1. The number of hydrogen-bond donors (Lipinski definition) is 2. The van der Waals surface area contributed by atoms with Gasteiger partial charge >= 0.3 is 11.9 Å². The van der Waals surface area contributed by atoms with Gasteiger partial charge in [0.1, 0.15) is 11.5 Å². The number of phenolic OH excluding ortho intramolecular Hbond substituents is 2. The van der Waals surface area contributed by atoms with Crippen molar-refractivity contribution >= 4 is 11.9 Å². The molecule has 0 atom stereocenters. The van der Waals surface area contributed by atoms with Crippen molar-refractivity contribution in [3.63, 3.8) is 0 Å². The molecule has 6 nitrogen and oxygen atoms in total. The van der Waals surface area contributed by atoms with Crippen LogP contribution >= 0.6 is 0 Å². The van der Waals surface area contributed by atoms with Crippen molar-refractivity contribution in [2.45, 2.75) is 138 Å². The third-order valence-corrected chi connectivity index (χ3v) is 8.66. The zero-order valence-corrected chi connectivity index (χ0v) is 27.9. The van der Waals surface area contributed by atoms with Gasteiger partial charge in [0.25, 0.3) is 6.29 Å². The highest BCUT2D eigenvalue weighted by molar-refractivity contribution is 5.72. The molecule has 2 N–H and O–H groups in total. The molecule has 0 saturated carbocycles. The van der Waals surface area contributed by atoms with Crippen molar-refractivity contribution < 1.29 is 29.3 Å². The minimum Gasteiger partial charge on any atom is -0.507 e. The summed E-state index contributed by atoms with van der Waals surface area (Å²) in [6, 6.07) is 7.72. The summed E-state index contributed by atoms with van der Waals surface area (Å²) < 4.78 is 11.8. The van der Waals surface area contributed by atoms with E-state index in [1.165, 1.54) is 0 Å². The minimum absolute atomic E-state index is 0.136. The summed E-state index contributed by atoms with van der Waals surface area (Å²) in [6.07, 6.45) is 2.30. The largest absolute Gasteiger partial charge is 0.507 e. The fourth-order valence-corrected chi connectivity index (χ4v) is 5.51. The van der Waals surface area contributed by atoms with Crippen molar-refractivity contribution in [3.05, 3.63) is 57.6 Å². The van der Waals surface area contributed by atoms with Crippen LogP contribution in [0.3, 0.4) is 0 Å². The molecule has 0 saturated heterocycles. The summed E-state index contributed by atoms with van der Waals surface area (Å²) in [7, 11) is 0. The van der Waals surface area contributed by atoms with Crippen LogP contribution in [0.1, 0.15) is 128 Å². The Morgan fingerprint density at radius 2 is 1.00 bits per heavy atom. The monoisotopic (exact) mass is 582 g/mol. The molecule has 0 fully saturated rings. The van der Waals surface area contributed by atoms with Gasteiger partial charge in [0.05, 0.1) is 0 Å². The fraction of sp³-hybridized carbons (Fsp3) is 0.611. The first kappa shape index (κ1) is 35.2. The van der Waals surface area contributed by atoms with Crippen LogP contribution in [0.15, 0.2) is 24.3 Å². The number of carbonyl (C=O) groups excluding carboxylic acids is 2. The third kappa shape index (κ3) is 8.75. The normalized spacial score (nSPS) is 12.5. The smallest absolute Gasteiger partial charge is 0.309 e. The van der Waals surface area contributed by atoms with Gasteiger partial charge in [-0.3, -0.25) is 9.59 Å². The van der Waals surface area contributed by atoms with Crippen molar-refractivity contribution in [2.24, 2.45) is 5.41 Å². The molecule has 0 spiro atoms. The highest BCUT2D eigenvalue weighted by Crippen LogP contribution is 2.38. The summed E-state index contributed by atoms with van der Waals surface area (Å²) in [4.78, 5) is 26.3. The molecule has 0 heterocycles. The van der Waals surface area contributed by atoms with E-state index in [4.69, 9.17) is 9.47 Å². The van der Waals surface area contributed by atoms with Crippen LogP contribution in [-0.4, -0.2) is 28.4 Å². The third-order valence-electron chi connectivity index (χ3n) is 8.66. The van der Waals surface area contributed by atoms with E-state index in [1.54, 1.807) is 0 Å². The molecule has 0 aliphatic rings. The molecule has 0 unspecified atom stereocenters. The molecule has 2 aromatic carbocycles. The molecule has 2 rings (SSSR count). The van der Waals surface area contributed by atoms with Gasteiger partial charge in [-0.1, -0.05) is 86.6 Å². The number of carbonyl (C=O) groups is 2. The first-order chi connectivity index (χ1) is 19.4. The van der Waals surface area contributed by atoms with Crippen LogP contribution in [0.4, 0.5) is 0 Å². The number of phenols is 2. The molecule has 0 radical (unpaired) electrons. The predicted octanol–water partition coefficient (Wildman–Crippen LogP) is 8.50. The molecule has 0 aliphatic heterocycles. The first-order valence-electron chi connectivity index (χ1n) is 15.4. The van der Waals surface area contributed by atoms with Crippen molar-refractivity contribution in [1.29, 1.82) is 0 Å². The summed E-state index contributed by atoms with van der Waals surface area (Å²) in [5, 5.41) is 21.1. The molecular weight excluding hydrogens is 528 g/mol. The highest BCUT2D eigenvalue weighted by Gasteiger charge is 2.40. The Kier molecular flexibility index (Phi) is 11.7. The molecule has 6 heteroatoms. The summed E-state index contributed by atoms with van der Waals surface area (Å²) >= 11 is 0. The maximum Gasteiger partial charge on any atom is 0.309 e. The fourth-order valence-electron chi connectivity index (χ4n) is 5.51. The van der Waals surface area contributed by atoms with Gasteiger partial charge in [-0.15, -0.1) is 0 Å². The Morgan fingerprint density at radius 1 is 0.667 bits per heavy atom. The second kappa shape index (κ2) is 14.0. The van der Waals surface area contributed by atoms with Crippen LogP contribution in [0.5, 0.6) is 11.5 Å². The zero-order chi connectivity index (χ0) is 32.0. The van der Waals surface area contributed by atoms with E-state index in [1.807, 2.05) is 100 Å². The van der Waals surface area contributed by atoms with E-state index in [0.29, 0.717) is 32.1 Å². The number of rotatable bonds is 12. The quantitative estimate of drug-likeness (QED) is 0.192. The van der Waals surface area contributed by atoms with E-state index in [2.05, 4.69) is 0 Å². The van der Waals surface area contributed by atoms with Gasteiger partial charge in [-0.25, -0.2) is 0 Å². The number of aryl methyl sites for hydroxylation is 4. The lowest BCUT2D eigenvalue weighted by Crippen LogP contribution is -2.41. The van der Waals surface area contributed by atoms with Crippen molar-refractivity contribution in [1.82, 2.24) is 0 Å². The van der Waals surface area contributed by atoms with Gasteiger partial charge in [-0.2, -0.15) is 0 Å². The van der Waals surface area contributed by atoms with Crippen molar-refractivity contribution in [3.8, 4) is 11.5 Å². The number of aromatic hydroxyl groups is 2. The topological polar surface area (TPSA) is 93.1 Å². The first-order valence-corrected chi connectivity index (χ1v) is 15.4. The van der Waals surface area contributed by atoms with Gasteiger partial charge in [0.2, 0.25) is 0 Å². The van der Waals surface area contributed by atoms with Crippen molar-refractivity contribution in [2.75, 3.05) is 0 Å². The average Bonchev–Trinajstić information content (AvgIpc) is 2.89. The van der Waals surface area contributed by atoms with Gasteiger partial charge < -0.3 is 19.7 Å². The molecule has 42 heavy (non-hydrogen) atoms. The lowest BCUT2D eigenvalue weighted by Gasteiger charge is -2.37. The zero-order valence-electron chi connectivity index (χ0n) is 27.9. The Hall–Kier alpha value is -3.02. The van der Waals surface area contributed by atoms with Gasteiger partial charge in [0.15, 0.2) is 0 Å². The summed E-state index contributed by atoms with van der Waals surface area (Å²) in [5.41, 5.74) is 4.20. The molecule has 0 aromatic heterocycles. The Morgan fingerprint density at radius 3 is 1.29 bits per heavy atom. The average molecular weight is 583 g/mol. The lowest BCUT2D eigenvalue weighted by molar-refractivity contribution is -0.215. The Bertz CT molecular complexity index is 1150. The molecule has 0 aliphatic carbocycles. The molecular formula is C36H54O6. The molecule has 0 bridgehead atoms. The van der Waals surface area contributed by atoms with E-state index in [0.717, 1.165) is 33.4 Å². The number of benzene rings is 2. The van der Waals surface area contributed by atoms with E-state index < -0.39 is 23.6 Å². The highest BCUT2D eigenvalue weighted by atomic mass is 16.7. The molecule has 2 aromatic rings. The van der Waals surface area contributed by atoms with Crippen LogP contribution in [0.2, 0.25) is 0 Å². The maximum absolute atomic E-state index is 13.1. The number of esters is 2. The second-order valence-corrected chi connectivity index (χ2v) is 13.9. The predicted molar refractivity (Wildman–Crippen MR) is 169 cm³/mol. The second-order valence-electron chi connectivity index (χ2n) is 13.9. The van der Waals surface area contributed by atoms with Gasteiger partial charge in [0, 0.05) is 18.3 Å². The lowest BCUT2D eigenvalue weighted by atomic mass is 9.79. The molecule has 234 valence electrons. The van der Waals surface area contributed by atoms with Gasteiger partial charge in [-0.05, 0) is 90.2 Å². The SMILES string of the molecule is CCC(CC)(CC)C(OC(=O)CCc1cc(C)c(O)c(C(C)(C)C)c1)OC(=O)CCc1cc(C)c(O)c(C(C)(C)C)c1. The number of ether oxygens (including phenoxy) is 2. The van der Waals surface area contributed by atoms with Crippen LogP contribution in [-0.2, 0) is 42.7 Å². The van der Waals surface area contributed by atoms with Crippen LogP contribution < -0.4 is 0 Å². The Labute approximate surface area is 253 Å². The molecule has 0 amide bonds. The number of hydrogen-bond acceptors (Lipinski definition) is 6. The minimum atomic E-state index is -0.976. The standard InChI is InChI=1S/C36H54O6/c1-12-36(13-2,14-3)33(41-29(37)17-15-25-19-23(4)31(39)27(21-25)34(6,7)8)42-30(38)18-16-26-20-24(5)32(40)28(22-26)35(9,10)11/h19-22,33,39-40H,12-18H2,1-11H3. The van der Waals surface area contributed by atoms with E-state index in [9.17, 15) is 19.8 Å². The van der Waals surface area contributed by atoms with E-state index >= 15 is 0 Å². The van der Waals surface area contributed by atoms with E-state index in [-0.39, 0.29) is 35.2 Å². The van der Waals surface area contributed by atoms with Crippen LogP contribution in [0, 0.1) is 19.3 Å². The summed E-state index contributed by atoms with van der Waals surface area (Å²) in [5.74, 6) is -0.257. The Balaban J connectivity index is 2.18.